The third kappa shape index (κ3) is 4.03. The number of nitrogens with zero attached hydrogens (tertiary/aromatic N) is 3. The van der Waals surface area contributed by atoms with E-state index in [9.17, 15) is 13.2 Å². The topological polar surface area (TPSA) is 115 Å². The number of morpholine rings is 1. The molecule has 2 heterocycles. The number of hydrogen-bond acceptors (Lipinski definition) is 7. The van der Waals surface area contributed by atoms with Gasteiger partial charge in [0.15, 0.2) is 0 Å². The molecule has 2 aromatic rings. The van der Waals surface area contributed by atoms with Crippen molar-refractivity contribution in [3.05, 3.63) is 41.6 Å². The van der Waals surface area contributed by atoms with Crippen molar-refractivity contribution in [2.24, 2.45) is 0 Å². The predicted octanol–water partition coefficient (Wildman–Crippen LogP) is 0.329. The van der Waals surface area contributed by atoms with Crippen LogP contribution >= 0.6 is 0 Å². The Morgan fingerprint density at radius 3 is 2.48 bits per heavy atom. The van der Waals surface area contributed by atoms with Gasteiger partial charge in [-0.05, 0) is 24.3 Å². The Bertz CT molecular complexity index is 841. The van der Waals surface area contributed by atoms with E-state index < -0.39 is 10.0 Å². The normalized spacial score (nSPS) is 15.9. The Kier molecular flexibility index (Phi) is 5.11. The molecular weight excluding hydrogens is 348 g/mol. The molecule has 0 aliphatic carbocycles. The average Bonchev–Trinajstić information content (AvgIpc) is 3.06. The molecule has 134 valence electrons. The highest BCUT2D eigenvalue weighted by atomic mass is 32.2. The molecule has 1 amide bonds. The first-order chi connectivity index (χ1) is 12.0. The summed E-state index contributed by atoms with van der Waals surface area (Å²) in [5, 5.41) is 10.1. The lowest BCUT2D eigenvalue weighted by molar-refractivity contribution is 0.0730. The van der Waals surface area contributed by atoms with Gasteiger partial charge >= 0.3 is 0 Å². The lowest BCUT2D eigenvalue weighted by atomic mass is 10.2. The molecule has 1 saturated heterocycles. The van der Waals surface area contributed by atoms with Gasteiger partial charge in [0.2, 0.25) is 21.8 Å². The quantitative estimate of drug-likeness (QED) is 0.811. The zero-order valence-corrected chi connectivity index (χ0v) is 14.5. The minimum absolute atomic E-state index is 0.105. The van der Waals surface area contributed by atoms with E-state index in [1.54, 1.807) is 6.92 Å². The SMILES string of the molecule is Cc1nnc(CNC(=O)c2ccc(S(=O)(=O)N3CCOCC3)cc2)o1. The Hall–Kier alpha value is -2.30. The number of rotatable bonds is 5. The van der Waals surface area contributed by atoms with E-state index in [0.29, 0.717) is 43.6 Å². The van der Waals surface area contributed by atoms with Crippen LogP contribution in [0.5, 0.6) is 0 Å². The van der Waals surface area contributed by atoms with Crippen LogP contribution in [-0.2, 0) is 21.3 Å². The lowest BCUT2D eigenvalue weighted by Crippen LogP contribution is -2.40. The maximum Gasteiger partial charge on any atom is 0.251 e. The van der Waals surface area contributed by atoms with Gasteiger partial charge in [0.25, 0.3) is 5.91 Å². The van der Waals surface area contributed by atoms with Crippen LogP contribution in [0.3, 0.4) is 0 Å². The number of carbonyl (C=O) groups excluding carboxylic acids is 1. The van der Waals surface area contributed by atoms with Crippen LogP contribution < -0.4 is 5.32 Å². The molecule has 0 atom stereocenters. The number of carbonyl (C=O) groups is 1. The smallest absolute Gasteiger partial charge is 0.251 e. The first-order valence-electron chi connectivity index (χ1n) is 7.72. The van der Waals surface area contributed by atoms with Gasteiger partial charge < -0.3 is 14.5 Å². The second-order valence-electron chi connectivity index (χ2n) is 5.44. The third-order valence-electron chi connectivity index (χ3n) is 3.69. The molecular formula is C15H18N4O5S. The maximum atomic E-state index is 12.5. The van der Waals surface area contributed by atoms with Crippen molar-refractivity contribution < 1.29 is 22.4 Å². The highest BCUT2D eigenvalue weighted by Gasteiger charge is 2.26. The Labute approximate surface area is 145 Å². The first-order valence-corrected chi connectivity index (χ1v) is 9.16. The van der Waals surface area contributed by atoms with Crippen molar-refractivity contribution in [2.75, 3.05) is 26.3 Å². The minimum atomic E-state index is -3.57. The van der Waals surface area contributed by atoms with Crippen LogP contribution in [0.25, 0.3) is 0 Å². The minimum Gasteiger partial charge on any atom is -0.424 e. The molecule has 1 aromatic carbocycles. The number of amides is 1. The van der Waals surface area contributed by atoms with E-state index in [1.807, 2.05) is 0 Å². The van der Waals surface area contributed by atoms with Crippen LogP contribution in [0.2, 0.25) is 0 Å². The van der Waals surface area contributed by atoms with Crippen molar-refractivity contribution in [3.8, 4) is 0 Å². The average molecular weight is 366 g/mol. The second kappa shape index (κ2) is 7.30. The standard InChI is InChI=1S/C15H18N4O5S/c1-11-17-18-14(24-11)10-16-15(20)12-2-4-13(5-3-12)25(21,22)19-6-8-23-9-7-19/h2-5H,6-10H2,1H3,(H,16,20). The van der Waals surface area contributed by atoms with Gasteiger partial charge in [0.1, 0.15) is 0 Å². The Morgan fingerprint density at radius 2 is 1.88 bits per heavy atom. The summed E-state index contributed by atoms with van der Waals surface area (Å²) in [4.78, 5) is 12.3. The maximum absolute atomic E-state index is 12.5. The van der Waals surface area contributed by atoms with Crippen molar-refractivity contribution in [1.82, 2.24) is 19.8 Å². The summed E-state index contributed by atoms with van der Waals surface area (Å²) >= 11 is 0. The van der Waals surface area contributed by atoms with Crippen LogP contribution in [0.4, 0.5) is 0 Å². The molecule has 3 rings (SSSR count). The summed E-state index contributed by atoms with van der Waals surface area (Å²) < 4.78 is 36.8. The van der Waals surface area contributed by atoms with E-state index in [-0.39, 0.29) is 17.3 Å². The molecule has 0 radical (unpaired) electrons. The van der Waals surface area contributed by atoms with Crippen LogP contribution in [0, 0.1) is 6.92 Å². The third-order valence-corrected chi connectivity index (χ3v) is 5.61. The van der Waals surface area contributed by atoms with Gasteiger partial charge in [0, 0.05) is 25.6 Å². The number of ether oxygens (including phenoxy) is 1. The van der Waals surface area contributed by atoms with Gasteiger partial charge in [0.05, 0.1) is 24.7 Å². The van der Waals surface area contributed by atoms with E-state index in [2.05, 4.69) is 15.5 Å². The van der Waals surface area contributed by atoms with Gasteiger partial charge in [-0.25, -0.2) is 8.42 Å². The fourth-order valence-electron chi connectivity index (χ4n) is 2.38. The number of aryl methyl sites for hydroxylation is 1. The molecule has 1 aliphatic rings. The van der Waals surface area contributed by atoms with Crippen LogP contribution in [0.1, 0.15) is 22.1 Å². The summed E-state index contributed by atoms with van der Waals surface area (Å²) in [5.74, 6) is 0.366. The van der Waals surface area contributed by atoms with Crippen LogP contribution in [-0.4, -0.2) is 55.1 Å². The summed E-state index contributed by atoms with van der Waals surface area (Å²) in [6, 6.07) is 5.80. The summed E-state index contributed by atoms with van der Waals surface area (Å²) in [6.45, 7) is 3.19. The zero-order valence-electron chi connectivity index (χ0n) is 13.6. The number of nitrogens with one attached hydrogen (secondary N) is 1. The molecule has 1 aromatic heterocycles. The van der Waals surface area contributed by atoms with Gasteiger partial charge in [-0.15, -0.1) is 10.2 Å². The van der Waals surface area contributed by atoms with E-state index in [1.165, 1.54) is 28.6 Å². The van der Waals surface area contributed by atoms with Crippen molar-refractivity contribution >= 4 is 15.9 Å². The second-order valence-corrected chi connectivity index (χ2v) is 7.38. The summed E-state index contributed by atoms with van der Waals surface area (Å²) in [5.41, 5.74) is 0.345. The van der Waals surface area contributed by atoms with Crippen LogP contribution in [0.15, 0.2) is 33.6 Å². The first kappa shape index (κ1) is 17.5. The molecule has 0 saturated carbocycles. The van der Waals surface area contributed by atoms with Gasteiger partial charge in [-0.2, -0.15) is 4.31 Å². The number of aromatic nitrogens is 2. The summed E-state index contributed by atoms with van der Waals surface area (Å²) in [6.07, 6.45) is 0. The molecule has 25 heavy (non-hydrogen) atoms. The van der Waals surface area contributed by atoms with E-state index in [0.717, 1.165) is 0 Å². The Balaban J connectivity index is 1.65. The van der Waals surface area contributed by atoms with Crippen molar-refractivity contribution in [2.45, 2.75) is 18.4 Å². The number of hydrogen-bond donors (Lipinski definition) is 1. The number of sulfonamides is 1. The molecule has 10 heteroatoms. The summed E-state index contributed by atoms with van der Waals surface area (Å²) in [7, 11) is -3.57. The fourth-order valence-corrected chi connectivity index (χ4v) is 3.79. The lowest BCUT2D eigenvalue weighted by Gasteiger charge is -2.26. The molecule has 9 nitrogen and oxygen atoms in total. The van der Waals surface area contributed by atoms with E-state index in [4.69, 9.17) is 9.15 Å². The highest BCUT2D eigenvalue weighted by Crippen LogP contribution is 2.17. The van der Waals surface area contributed by atoms with Crippen molar-refractivity contribution in [1.29, 1.82) is 0 Å². The molecule has 0 spiro atoms. The molecule has 0 unspecified atom stereocenters. The van der Waals surface area contributed by atoms with E-state index >= 15 is 0 Å². The largest absolute Gasteiger partial charge is 0.424 e. The highest BCUT2D eigenvalue weighted by molar-refractivity contribution is 7.89. The van der Waals surface area contributed by atoms with Gasteiger partial charge in [-0.3, -0.25) is 4.79 Å². The molecule has 1 fully saturated rings. The predicted molar refractivity (Wildman–Crippen MR) is 86.2 cm³/mol. The Morgan fingerprint density at radius 1 is 1.20 bits per heavy atom. The number of benzene rings is 1. The fraction of sp³-hybridized carbons (Fsp3) is 0.400. The van der Waals surface area contributed by atoms with Gasteiger partial charge in [-0.1, -0.05) is 0 Å². The monoisotopic (exact) mass is 366 g/mol. The molecule has 0 bridgehead atoms. The van der Waals surface area contributed by atoms with Crippen molar-refractivity contribution in [3.63, 3.8) is 0 Å². The molecule has 1 N–H and O–H groups in total. The zero-order chi connectivity index (χ0) is 17.9. The molecule has 1 aliphatic heterocycles.